The van der Waals surface area contributed by atoms with Crippen LogP contribution >= 0.6 is 0 Å². The Kier molecular flexibility index (Phi) is 5.56. The third-order valence-electron chi connectivity index (χ3n) is 3.25. The van der Waals surface area contributed by atoms with Crippen molar-refractivity contribution in [2.75, 3.05) is 13.2 Å². The first-order valence-corrected chi connectivity index (χ1v) is 6.30. The first-order chi connectivity index (χ1) is 8.52. The van der Waals surface area contributed by atoms with Crippen molar-refractivity contribution >= 4 is 0 Å². The molecule has 0 saturated carbocycles. The Morgan fingerprint density at radius 2 is 2.17 bits per heavy atom. The monoisotopic (exact) mass is 255 g/mol. The standard InChI is InChI=1S/C14H22FNO2/c1-3-14(16,10-17)8-5-9-18-12-7-4-6-11(2)13(12)15/h4,6-7,17H,3,5,8-10,16H2,1-2H3. The molecule has 0 aromatic heterocycles. The number of aliphatic hydroxyl groups excluding tert-OH is 1. The number of hydrogen-bond acceptors (Lipinski definition) is 3. The van der Waals surface area contributed by atoms with E-state index in [9.17, 15) is 4.39 Å². The van der Waals surface area contributed by atoms with Gasteiger partial charge < -0.3 is 15.6 Å². The number of hydrogen-bond donors (Lipinski definition) is 2. The number of rotatable bonds is 7. The molecule has 1 rings (SSSR count). The maximum absolute atomic E-state index is 13.6. The zero-order valence-electron chi connectivity index (χ0n) is 11.1. The van der Waals surface area contributed by atoms with Crippen molar-refractivity contribution in [3.63, 3.8) is 0 Å². The van der Waals surface area contributed by atoms with Crippen LogP contribution in [0.15, 0.2) is 18.2 Å². The Morgan fingerprint density at radius 1 is 1.44 bits per heavy atom. The Labute approximate surface area is 108 Å². The van der Waals surface area contributed by atoms with Crippen LogP contribution in [0.1, 0.15) is 31.7 Å². The smallest absolute Gasteiger partial charge is 0.167 e. The maximum Gasteiger partial charge on any atom is 0.167 e. The fraction of sp³-hybridized carbons (Fsp3) is 0.571. The summed E-state index contributed by atoms with van der Waals surface area (Å²) in [7, 11) is 0. The van der Waals surface area contributed by atoms with E-state index in [0.29, 0.717) is 31.4 Å². The predicted octanol–water partition coefficient (Wildman–Crippen LogP) is 2.39. The topological polar surface area (TPSA) is 55.5 Å². The third kappa shape index (κ3) is 3.96. The lowest BCUT2D eigenvalue weighted by atomic mass is 9.93. The summed E-state index contributed by atoms with van der Waals surface area (Å²) < 4.78 is 19.0. The molecule has 0 bridgehead atoms. The van der Waals surface area contributed by atoms with E-state index >= 15 is 0 Å². The van der Waals surface area contributed by atoms with Crippen molar-refractivity contribution in [3.8, 4) is 5.75 Å². The average molecular weight is 255 g/mol. The molecule has 4 heteroatoms. The third-order valence-corrected chi connectivity index (χ3v) is 3.25. The number of aryl methyl sites for hydroxylation is 1. The summed E-state index contributed by atoms with van der Waals surface area (Å²) in [5.41, 5.74) is 5.98. The summed E-state index contributed by atoms with van der Waals surface area (Å²) in [4.78, 5) is 0. The number of benzene rings is 1. The van der Waals surface area contributed by atoms with Gasteiger partial charge in [-0.2, -0.15) is 0 Å². The zero-order valence-corrected chi connectivity index (χ0v) is 11.1. The molecule has 0 aliphatic rings. The van der Waals surface area contributed by atoms with Crippen LogP contribution in [0.2, 0.25) is 0 Å². The van der Waals surface area contributed by atoms with Gasteiger partial charge in [0.15, 0.2) is 11.6 Å². The first kappa shape index (κ1) is 14.9. The summed E-state index contributed by atoms with van der Waals surface area (Å²) in [6, 6.07) is 5.08. The number of halogens is 1. The van der Waals surface area contributed by atoms with Gasteiger partial charge in [-0.05, 0) is 37.8 Å². The molecule has 0 spiro atoms. The summed E-state index contributed by atoms with van der Waals surface area (Å²) >= 11 is 0. The van der Waals surface area contributed by atoms with Gasteiger partial charge in [0, 0.05) is 5.54 Å². The lowest BCUT2D eigenvalue weighted by Gasteiger charge is -2.25. The Balaban J connectivity index is 2.41. The van der Waals surface area contributed by atoms with Crippen LogP contribution < -0.4 is 10.5 Å². The van der Waals surface area contributed by atoms with Crippen LogP contribution in [-0.4, -0.2) is 23.9 Å². The van der Waals surface area contributed by atoms with Crippen LogP contribution in [0.5, 0.6) is 5.75 Å². The predicted molar refractivity (Wildman–Crippen MR) is 70.2 cm³/mol. The minimum Gasteiger partial charge on any atom is -0.491 e. The van der Waals surface area contributed by atoms with Crippen LogP contribution in [0.25, 0.3) is 0 Å². The van der Waals surface area contributed by atoms with Crippen LogP contribution in [0.3, 0.4) is 0 Å². The molecule has 1 aromatic carbocycles. The van der Waals surface area contributed by atoms with Crippen molar-refractivity contribution in [2.45, 2.75) is 38.6 Å². The molecule has 3 nitrogen and oxygen atoms in total. The van der Waals surface area contributed by atoms with Crippen molar-refractivity contribution in [1.29, 1.82) is 0 Å². The second-order valence-corrected chi connectivity index (χ2v) is 4.71. The van der Waals surface area contributed by atoms with Crippen LogP contribution in [0.4, 0.5) is 4.39 Å². The van der Waals surface area contributed by atoms with E-state index in [1.807, 2.05) is 6.92 Å². The van der Waals surface area contributed by atoms with Crippen molar-refractivity contribution in [3.05, 3.63) is 29.6 Å². The van der Waals surface area contributed by atoms with Gasteiger partial charge in [-0.1, -0.05) is 19.1 Å². The van der Waals surface area contributed by atoms with Gasteiger partial charge in [0.1, 0.15) is 0 Å². The molecule has 0 heterocycles. The average Bonchev–Trinajstić information content (AvgIpc) is 2.39. The molecule has 0 aliphatic heterocycles. The van der Waals surface area contributed by atoms with E-state index in [1.54, 1.807) is 25.1 Å². The van der Waals surface area contributed by atoms with E-state index in [0.717, 1.165) is 0 Å². The van der Waals surface area contributed by atoms with E-state index in [2.05, 4.69) is 0 Å². The zero-order chi connectivity index (χ0) is 13.6. The fourth-order valence-electron chi connectivity index (χ4n) is 1.71. The molecule has 0 fully saturated rings. The van der Waals surface area contributed by atoms with Crippen LogP contribution in [-0.2, 0) is 0 Å². The molecular formula is C14H22FNO2. The second-order valence-electron chi connectivity index (χ2n) is 4.71. The first-order valence-electron chi connectivity index (χ1n) is 6.30. The summed E-state index contributed by atoms with van der Waals surface area (Å²) in [6.07, 6.45) is 2.06. The highest BCUT2D eigenvalue weighted by Gasteiger charge is 2.20. The van der Waals surface area contributed by atoms with E-state index in [-0.39, 0.29) is 18.2 Å². The molecule has 18 heavy (non-hydrogen) atoms. The number of ether oxygens (including phenoxy) is 1. The summed E-state index contributed by atoms with van der Waals surface area (Å²) in [6.45, 7) is 4.01. The minimum absolute atomic E-state index is 0.0394. The molecule has 0 aliphatic carbocycles. The highest BCUT2D eigenvalue weighted by atomic mass is 19.1. The molecular weight excluding hydrogens is 233 g/mol. The highest BCUT2D eigenvalue weighted by molar-refractivity contribution is 5.29. The van der Waals surface area contributed by atoms with Gasteiger partial charge in [-0.3, -0.25) is 0 Å². The second kappa shape index (κ2) is 6.71. The Morgan fingerprint density at radius 3 is 2.78 bits per heavy atom. The molecule has 1 aromatic rings. The van der Waals surface area contributed by atoms with E-state index in [4.69, 9.17) is 15.6 Å². The molecule has 1 unspecified atom stereocenters. The highest BCUT2D eigenvalue weighted by Crippen LogP contribution is 2.20. The molecule has 1 atom stereocenters. The Bertz CT molecular complexity index is 378. The molecule has 0 saturated heterocycles. The molecule has 3 N–H and O–H groups in total. The van der Waals surface area contributed by atoms with Gasteiger partial charge in [0.2, 0.25) is 0 Å². The largest absolute Gasteiger partial charge is 0.491 e. The van der Waals surface area contributed by atoms with Gasteiger partial charge in [0.25, 0.3) is 0 Å². The number of nitrogens with two attached hydrogens (primary N) is 1. The molecule has 0 radical (unpaired) electrons. The Hall–Kier alpha value is -1.13. The van der Waals surface area contributed by atoms with Crippen molar-refractivity contribution < 1.29 is 14.2 Å². The van der Waals surface area contributed by atoms with Gasteiger partial charge in [-0.25, -0.2) is 4.39 Å². The molecule has 0 amide bonds. The lowest BCUT2D eigenvalue weighted by molar-refractivity contribution is 0.171. The summed E-state index contributed by atoms with van der Waals surface area (Å²) in [5.74, 6) is -0.0349. The maximum atomic E-state index is 13.6. The quantitative estimate of drug-likeness (QED) is 0.736. The fourth-order valence-corrected chi connectivity index (χ4v) is 1.71. The number of aliphatic hydroxyl groups is 1. The van der Waals surface area contributed by atoms with Crippen molar-refractivity contribution in [1.82, 2.24) is 0 Å². The van der Waals surface area contributed by atoms with E-state index in [1.165, 1.54) is 0 Å². The minimum atomic E-state index is -0.547. The van der Waals surface area contributed by atoms with Crippen molar-refractivity contribution in [2.24, 2.45) is 5.73 Å². The lowest BCUT2D eigenvalue weighted by Crippen LogP contribution is -2.43. The van der Waals surface area contributed by atoms with Gasteiger partial charge >= 0.3 is 0 Å². The summed E-state index contributed by atoms with van der Waals surface area (Å²) in [5, 5.41) is 9.16. The SMILES string of the molecule is CCC(N)(CO)CCCOc1cccc(C)c1F. The van der Waals surface area contributed by atoms with Crippen LogP contribution in [0, 0.1) is 12.7 Å². The van der Waals surface area contributed by atoms with Gasteiger partial charge in [0.05, 0.1) is 13.2 Å². The normalized spacial score (nSPS) is 14.3. The molecule has 102 valence electrons. The van der Waals surface area contributed by atoms with E-state index < -0.39 is 5.54 Å². The van der Waals surface area contributed by atoms with Gasteiger partial charge in [-0.15, -0.1) is 0 Å².